The number of fused-ring (bicyclic) bond motifs is 5. The number of thiophene rings is 1. The summed E-state index contributed by atoms with van der Waals surface area (Å²) in [6.07, 6.45) is 5.28. The van der Waals surface area contributed by atoms with Crippen LogP contribution in [-0.4, -0.2) is 40.7 Å². The molecule has 6 nitrogen and oxygen atoms in total. The number of likely N-dealkylation sites (tertiary alicyclic amines) is 1. The highest BCUT2D eigenvalue weighted by Crippen LogP contribution is 2.39. The molecular weight excluding hydrogens is 418 g/mol. The summed E-state index contributed by atoms with van der Waals surface area (Å²) in [6.45, 7) is 2.34. The minimum atomic E-state index is -0.288. The molecule has 5 rings (SSSR count). The summed E-state index contributed by atoms with van der Waals surface area (Å²) in [5, 5.41) is 4.85. The van der Waals surface area contributed by atoms with E-state index in [1.54, 1.807) is 17.4 Å². The smallest absolute Gasteiger partial charge is 0.341 e. The van der Waals surface area contributed by atoms with Crippen molar-refractivity contribution >= 4 is 39.6 Å². The molecule has 0 radical (unpaired) electrons. The van der Waals surface area contributed by atoms with Crippen LogP contribution in [0, 0.1) is 5.92 Å². The molecule has 0 amide bonds. The van der Waals surface area contributed by atoms with Gasteiger partial charge in [-0.15, -0.1) is 11.3 Å². The van der Waals surface area contributed by atoms with Crippen LogP contribution in [0.15, 0.2) is 23.0 Å². The molecule has 158 valence electrons. The number of anilines is 1. The van der Waals surface area contributed by atoms with Crippen molar-refractivity contribution in [1.82, 2.24) is 9.47 Å². The largest absolute Gasteiger partial charge is 0.465 e. The van der Waals surface area contributed by atoms with Crippen molar-refractivity contribution in [3.63, 3.8) is 0 Å². The van der Waals surface area contributed by atoms with Gasteiger partial charge in [0.05, 0.1) is 12.7 Å². The summed E-state index contributed by atoms with van der Waals surface area (Å²) in [6, 6.07) is 5.55. The molecule has 1 saturated heterocycles. The zero-order valence-electron chi connectivity index (χ0n) is 17.0. The Hall–Kier alpha value is -2.19. The van der Waals surface area contributed by atoms with Crippen LogP contribution in [0.2, 0.25) is 0 Å². The molecule has 2 aromatic heterocycles. The molecule has 0 aromatic carbocycles. The van der Waals surface area contributed by atoms with Gasteiger partial charge in [0.25, 0.3) is 5.56 Å². The minimum Gasteiger partial charge on any atom is -0.465 e. The fourth-order valence-electron chi connectivity index (χ4n) is 5.21. The second-order valence-corrected chi connectivity index (χ2v) is 9.93. The first kappa shape index (κ1) is 19.8. The molecule has 0 saturated carbocycles. The van der Waals surface area contributed by atoms with E-state index >= 15 is 0 Å². The zero-order chi connectivity index (χ0) is 20.8. The minimum absolute atomic E-state index is 0.0863. The second-order valence-electron chi connectivity index (χ2n) is 8.44. The van der Waals surface area contributed by atoms with Crippen LogP contribution >= 0.6 is 23.6 Å². The molecule has 30 heavy (non-hydrogen) atoms. The number of esters is 1. The molecule has 3 aliphatic rings. The third kappa shape index (κ3) is 3.36. The number of nitrogens with zero attached hydrogens (tertiary/aromatic N) is 2. The van der Waals surface area contributed by atoms with Gasteiger partial charge >= 0.3 is 5.97 Å². The van der Waals surface area contributed by atoms with Gasteiger partial charge in [0.15, 0.2) is 5.11 Å². The Morgan fingerprint density at radius 3 is 2.90 bits per heavy atom. The molecule has 1 N–H and O–H groups in total. The van der Waals surface area contributed by atoms with Crippen LogP contribution in [0.1, 0.15) is 51.7 Å². The summed E-state index contributed by atoms with van der Waals surface area (Å²) in [5.41, 5.74) is 2.98. The number of hydrogen-bond donors (Lipinski definition) is 1. The Labute approximate surface area is 184 Å². The van der Waals surface area contributed by atoms with E-state index in [9.17, 15) is 9.59 Å². The Morgan fingerprint density at radius 2 is 2.07 bits per heavy atom. The Bertz CT molecular complexity index is 1070. The summed E-state index contributed by atoms with van der Waals surface area (Å²) in [5.74, 6) is 0.402. The highest BCUT2D eigenvalue weighted by molar-refractivity contribution is 7.80. The highest BCUT2D eigenvalue weighted by Gasteiger charge is 2.36. The monoisotopic (exact) mass is 443 g/mol. The molecule has 0 unspecified atom stereocenters. The third-order valence-corrected chi connectivity index (χ3v) is 8.12. The van der Waals surface area contributed by atoms with Gasteiger partial charge in [-0.2, -0.15) is 0 Å². The molecule has 1 aliphatic carbocycles. The van der Waals surface area contributed by atoms with Crippen LogP contribution < -0.4 is 10.9 Å². The van der Waals surface area contributed by atoms with Crippen LogP contribution in [0.4, 0.5) is 5.00 Å². The molecule has 4 heterocycles. The summed E-state index contributed by atoms with van der Waals surface area (Å²) in [4.78, 5) is 28.2. The maximum absolute atomic E-state index is 12.5. The van der Waals surface area contributed by atoms with E-state index in [0.29, 0.717) is 22.5 Å². The van der Waals surface area contributed by atoms with Crippen molar-refractivity contribution in [3.05, 3.63) is 50.3 Å². The maximum Gasteiger partial charge on any atom is 0.341 e. The van der Waals surface area contributed by atoms with Crippen molar-refractivity contribution in [1.29, 1.82) is 0 Å². The number of hydrogen-bond acceptors (Lipinski definition) is 5. The van der Waals surface area contributed by atoms with Gasteiger partial charge in [-0.3, -0.25) is 4.79 Å². The lowest BCUT2D eigenvalue weighted by Gasteiger charge is -2.43. The van der Waals surface area contributed by atoms with Crippen molar-refractivity contribution in [2.75, 3.05) is 25.5 Å². The molecule has 2 aliphatic heterocycles. The SMILES string of the molecule is COC(=O)c1c(NC(=S)N2C[C@@H]3C[C@@H](C2)c2cccc(=O)n2C3)sc2c1CCCC2. The van der Waals surface area contributed by atoms with Crippen LogP contribution in [0.5, 0.6) is 0 Å². The van der Waals surface area contributed by atoms with Crippen LogP contribution in [0.25, 0.3) is 0 Å². The predicted octanol–water partition coefficient (Wildman–Crippen LogP) is 3.39. The quantitative estimate of drug-likeness (QED) is 0.567. The van der Waals surface area contributed by atoms with E-state index in [4.69, 9.17) is 17.0 Å². The summed E-state index contributed by atoms with van der Waals surface area (Å²) < 4.78 is 7.00. The first-order chi connectivity index (χ1) is 14.5. The van der Waals surface area contributed by atoms with E-state index in [1.165, 1.54) is 12.0 Å². The second kappa shape index (κ2) is 7.81. The molecule has 2 bridgehead atoms. The van der Waals surface area contributed by atoms with Gasteiger partial charge in [0.1, 0.15) is 5.00 Å². The number of thiocarbonyl (C=S) groups is 1. The van der Waals surface area contributed by atoms with Crippen LogP contribution in [-0.2, 0) is 24.1 Å². The van der Waals surface area contributed by atoms with E-state index in [2.05, 4.69) is 16.3 Å². The van der Waals surface area contributed by atoms with Gasteiger partial charge in [0, 0.05) is 42.2 Å². The molecular formula is C22H25N3O3S2. The van der Waals surface area contributed by atoms with Gasteiger partial charge in [-0.25, -0.2) is 4.79 Å². The normalized spacial score (nSPS) is 22.1. The lowest BCUT2D eigenvalue weighted by atomic mass is 9.83. The number of rotatable bonds is 2. The number of methoxy groups -OCH3 is 1. The first-order valence-electron chi connectivity index (χ1n) is 10.5. The van der Waals surface area contributed by atoms with E-state index in [-0.39, 0.29) is 11.5 Å². The fourth-order valence-corrected chi connectivity index (χ4v) is 6.80. The average molecular weight is 444 g/mol. The van der Waals surface area contributed by atoms with E-state index in [0.717, 1.165) is 68.0 Å². The van der Waals surface area contributed by atoms with Crippen molar-refractivity contribution < 1.29 is 9.53 Å². The lowest BCUT2D eigenvalue weighted by molar-refractivity contribution is 0.0601. The first-order valence-corrected chi connectivity index (χ1v) is 11.8. The molecule has 1 fully saturated rings. The standard InChI is InChI=1S/C22H25N3O3S2/c1-28-21(27)19-15-5-2-3-7-17(15)30-20(19)23-22(29)24-10-13-9-14(12-24)16-6-4-8-18(26)25(16)11-13/h4,6,8,13-14H,2-3,5,7,9-12H2,1H3,(H,23,29)/t13-,14-/m0/s1. The number of carbonyl (C=O) groups is 1. The number of piperidine rings is 1. The van der Waals surface area contributed by atoms with Crippen LogP contribution in [0.3, 0.4) is 0 Å². The van der Waals surface area contributed by atoms with Crippen molar-refractivity contribution in [2.45, 2.75) is 44.6 Å². The number of carbonyl (C=O) groups excluding carboxylic acids is 1. The van der Waals surface area contributed by atoms with Gasteiger partial charge in [-0.05, 0) is 61.9 Å². The highest BCUT2D eigenvalue weighted by atomic mass is 32.1. The van der Waals surface area contributed by atoms with E-state index in [1.807, 2.05) is 10.6 Å². The molecule has 2 aromatic rings. The maximum atomic E-state index is 12.5. The number of aryl methyl sites for hydroxylation is 1. The van der Waals surface area contributed by atoms with Gasteiger partial charge < -0.3 is 19.5 Å². The Kier molecular flexibility index (Phi) is 5.14. The summed E-state index contributed by atoms with van der Waals surface area (Å²) >= 11 is 7.42. The number of pyridine rings is 1. The molecule has 0 spiro atoms. The van der Waals surface area contributed by atoms with Crippen molar-refractivity contribution in [3.8, 4) is 0 Å². The predicted molar refractivity (Wildman–Crippen MR) is 122 cm³/mol. The van der Waals surface area contributed by atoms with Gasteiger partial charge in [-0.1, -0.05) is 6.07 Å². The number of aromatic nitrogens is 1. The van der Waals surface area contributed by atoms with E-state index < -0.39 is 0 Å². The topological polar surface area (TPSA) is 63.6 Å². The third-order valence-electron chi connectivity index (χ3n) is 6.55. The van der Waals surface area contributed by atoms with Gasteiger partial charge in [0.2, 0.25) is 0 Å². The molecule has 8 heteroatoms. The van der Waals surface area contributed by atoms with Crippen molar-refractivity contribution in [2.24, 2.45) is 5.92 Å². The Morgan fingerprint density at radius 1 is 1.23 bits per heavy atom. The molecule has 2 atom stereocenters. The average Bonchev–Trinajstić information content (AvgIpc) is 3.11. The number of ether oxygens (including phenoxy) is 1. The lowest BCUT2D eigenvalue weighted by Crippen LogP contribution is -2.50. The zero-order valence-corrected chi connectivity index (χ0v) is 18.6. The summed E-state index contributed by atoms with van der Waals surface area (Å²) in [7, 11) is 1.43. The number of nitrogens with one attached hydrogen (secondary N) is 1. The fraction of sp³-hybridized carbons (Fsp3) is 0.500. The Balaban J connectivity index is 1.39.